The van der Waals surface area contributed by atoms with Gasteiger partial charge in [0.2, 0.25) is 0 Å². The lowest BCUT2D eigenvalue weighted by Gasteiger charge is -2.16. The zero-order valence-corrected chi connectivity index (χ0v) is 20.6. The van der Waals surface area contributed by atoms with Crippen molar-refractivity contribution in [2.75, 3.05) is 0 Å². The van der Waals surface area contributed by atoms with Crippen LogP contribution in [0.5, 0.6) is 0 Å². The van der Waals surface area contributed by atoms with Crippen molar-refractivity contribution in [1.82, 2.24) is 10.3 Å². The van der Waals surface area contributed by atoms with Gasteiger partial charge < -0.3 is 5.32 Å². The van der Waals surface area contributed by atoms with Crippen molar-refractivity contribution in [3.8, 4) is 0 Å². The number of benzene rings is 2. The third kappa shape index (κ3) is 8.33. The molecule has 0 radical (unpaired) electrons. The molecule has 174 valence electrons. The third-order valence-electron chi connectivity index (χ3n) is 6.16. The van der Waals surface area contributed by atoms with Crippen molar-refractivity contribution < 1.29 is 4.79 Å². The molecular formula is C29H35ClN2O. The molecule has 4 rings (SSSR count). The van der Waals surface area contributed by atoms with Crippen LogP contribution in [0.4, 0.5) is 0 Å². The summed E-state index contributed by atoms with van der Waals surface area (Å²) >= 11 is 6.10. The van der Waals surface area contributed by atoms with Crippen LogP contribution < -0.4 is 5.32 Å². The van der Waals surface area contributed by atoms with Crippen LogP contribution >= 0.6 is 11.6 Å². The number of nitrogens with zero attached hydrogens (tertiary/aromatic N) is 1. The Morgan fingerprint density at radius 1 is 0.970 bits per heavy atom. The molecule has 0 aliphatic heterocycles. The highest BCUT2D eigenvalue weighted by molar-refractivity contribution is 6.30. The van der Waals surface area contributed by atoms with E-state index < -0.39 is 0 Å². The lowest BCUT2D eigenvalue weighted by Crippen LogP contribution is -2.35. The lowest BCUT2D eigenvalue weighted by atomic mass is 10.0. The fraction of sp³-hybridized carbons (Fsp3) is 0.379. The van der Waals surface area contributed by atoms with Crippen molar-refractivity contribution in [2.24, 2.45) is 0 Å². The molecule has 1 N–H and O–H groups in total. The Hall–Kier alpha value is -2.65. The molecule has 1 aliphatic carbocycles. The summed E-state index contributed by atoms with van der Waals surface area (Å²) in [5.74, 6) is -0.0587. The molecule has 1 saturated carbocycles. The van der Waals surface area contributed by atoms with Crippen molar-refractivity contribution in [2.45, 2.75) is 71.3 Å². The molecule has 1 aliphatic rings. The smallest absolute Gasteiger partial charge is 0.270 e. The normalized spacial score (nSPS) is 14.0. The number of carbonyl (C=O) groups excluding carboxylic acids is 1. The second-order valence-electron chi connectivity index (χ2n) is 8.76. The van der Waals surface area contributed by atoms with Crippen LogP contribution in [0.1, 0.15) is 78.3 Å². The van der Waals surface area contributed by atoms with E-state index in [0.717, 1.165) is 35.5 Å². The fourth-order valence-corrected chi connectivity index (χ4v) is 4.32. The summed E-state index contributed by atoms with van der Waals surface area (Å²) in [6, 6.07) is 22.3. The average molecular weight is 463 g/mol. The quantitative estimate of drug-likeness (QED) is 0.403. The first-order valence-corrected chi connectivity index (χ1v) is 12.5. The van der Waals surface area contributed by atoms with E-state index in [1.807, 2.05) is 36.4 Å². The van der Waals surface area contributed by atoms with Crippen LogP contribution in [-0.2, 0) is 12.8 Å². The predicted molar refractivity (Wildman–Crippen MR) is 138 cm³/mol. The van der Waals surface area contributed by atoms with Gasteiger partial charge in [0, 0.05) is 23.2 Å². The van der Waals surface area contributed by atoms with Gasteiger partial charge in [-0.1, -0.05) is 86.7 Å². The predicted octanol–water partition coefficient (Wildman–Crippen LogP) is 7.34. The van der Waals surface area contributed by atoms with E-state index in [4.69, 9.17) is 11.6 Å². The maximum Gasteiger partial charge on any atom is 0.270 e. The maximum atomic E-state index is 12.6. The highest BCUT2D eigenvalue weighted by atomic mass is 35.5. The topological polar surface area (TPSA) is 42.0 Å². The molecule has 0 atom stereocenters. The van der Waals surface area contributed by atoms with Crippen LogP contribution in [0.3, 0.4) is 0 Å². The SMILES string of the molecule is CCc1ccccc1.Cc1ccc(Cl)cc1Cc1cccc(C(=O)NC2CCCCCC2)n1. The number of halogens is 1. The number of hydrogen-bond acceptors (Lipinski definition) is 2. The van der Waals surface area contributed by atoms with Crippen LogP contribution in [0, 0.1) is 6.92 Å². The maximum absolute atomic E-state index is 12.6. The van der Waals surface area contributed by atoms with Gasteiger partial charge in [0.15, 0.2) is 0 Å². The molecule has 1 amide bonds. The number of hydrogen-bond donors (Lipinski definition) is 1. The van der Waals surface area contributed by atoms with Gasteiger partial charge in [-0.2, -0.15) is 0 Å². The van der Waals surface area contributed by atoms with Gasteiger partial charge in [0.1, 0.15) is 5.69 Å². The number of nitrogens with one attached hydrogen (secondary N) is 1. The van der Waals surface area contributed by atoms with Crippen molar-refractivity contribution >= 4 is 17.5 Å². The summed E-state index contributed by atoms with van der Waals surface area (Å²) in [5, 5.41) is 3.89. The summed E-state index contributed by atoms with van der Waals surface area (Å²) in [6.07, 6.45) is 8.93. The standard InChI is InChI=1S/C21H25ClN2O.C8H10/c1-15-11-12-17(22)13-16(15)14-19-9-6-10-20(23-19)21(25)24-18-7-4-2-3-5-8-18;1-2-8-6-4-3-5-7-8/h6,9-13,18H,2-5,7-8,14H2,1H3,(H,24,25);3-7H,2H2,1H3. The molecule has 1 fully saturated rings. The van der Waals surface area contributed by atoms with E-state index in [2.05, 4.69) is 48.4 Å². The highest BCUT2D eigenvalue weighted by Gasteiger charge is 2.17. The highest BCUT2D eigenvalue weighted by Crippen LogP contribution is 2.19. The first-order valence-electron chi connectivity index (χ1n) is 12.1. The zero-order valence-electron chi connectivity index (χ0n) is 19.8. The molecule has 0 spiro atoms. The van der Waals surface area contributed by atoms with Crippen molar-refractivity contribution in [3.63, 3.8) is 0 Å². The number of carbonyl (C=O) groups is 1. The van der Waals surface area contributed by atoms with E-state index in [1.165, 1.54) is 36.8 Å². The van der Waals surface area contributed by atoms with Gasteiger partial charge >= 0.3 is 0 Å². The first-order chi connectivity index (χ1) is 16.0. The summed E-state index contributed by atoms with van der Waals surface area (Å²) in [5.41, 5.74) is 5.12. The largest absolute Gasteiger partial charge is 0.348 e. The van der Waals surface area contributed by atoms with Gasteiger partial charge in [-0.3, -0.25) is 4.79 Å². The second-order valence-corrected chi connectivity index (χ2v) is 9.20. The molecule has 1 aromatic heterocycles. The molecule has 0 unspecified atom stereocenters. The Morgan fingerprint density at radius 2 is 1.70 bits per heavy atom. The Morgan fingerprint density at radius 3 is 2.36 bits per heavy atom. The van der Waals surface area contributed by atoms with E-state index in [0.29, 0.717) is 12.1 Å². The number of pyridine rings is 1. The molecule has 2 aromatic carbocycles. The van der Waals surface area contributed by atoms with E-state index in [-0.39, 0.29) is 11.9 Å². The van der Waals surface area contributed by atoms with Gasteiger partial charge in [-0.05, 0) is 67.1 Å². The Labute approximate surface area is 203 Å². The fourth-order valence-electron chi connectivity index (χ4n) is 4.13. The minimum absolute atomic E-state index is 0.0587. The Balaban J connectivity index is 0.000000323. The monoisotopic (exact) mass is 462 g/mol. The van der Waals surface area contributed by atoms with Gasteiger partial charge in [-0.25, -0.2) is 4.98 Å². The summed E-state index contributed by atoms with van der Waals surface area (Å²) in [7, 11) is 0. The van der Waals surface area contributed by atoms with Crippen LogP contribution in [-0.4, -0.2) is 16.9 Å². The molecule has 1 heterocycles. The van der Waals surface area contributed by atoms with Crippen LogP contribution in [0.15, 0.2) is 66.7 Å². The van der Waals surface area contributed by atoms with Gasteiger partial charge in [0.25, 0.3) is 5.91 Å². The molecule has 33 heavy (non-hydrogen) atoms. The number of amides is 1. The van der Waals surface area contributed by atoms with Crippen molar-refractivity contribution in [1.29, 1.82) is 0 Å². The Bertz CT molecular complexity index is 1010. The van der Waals surface area contributed by atoms with E-state index in [1.54, 1.807) is 6.07 Å². The second kappa shape index (κ2) is 13.2. The summed E-state index contributed by atoms with van der Waals surface area (Å²) in [6.45, 7) is 4.23. The molecular weight excluding hydrogens is 428 g/mol. The lowest BCUT2D eigenvalue weighted by molar-refractivity contribution is 0.0928. The molecule has 0 saturated heterocycles. The summed E-state index contributed by atoms with van der Waals surface area (Å²) in [4.78, 5) is 17.1. The third-order valence-corrected chi connectivity index (χ3v) is 6.40. The minimum Gasteiger partial charge on any atom is -0.348 e. The number of rotatable bonds is 5. The summed E-state index contributed by atoms with van der Waals surface area (Å²) < 4.78 is 0. The zero-order chi connectivity index (χ0) is 23.5. The Kier molecular flexibility index (Phi) is 9.96. The molecule has 4 heteroatoms. The molecule has 3 aromatic rings. The van der Waals surface area contributed by atoms with Gasteiger partial charge in [-0.15, -0.1) is 0 Å². The number of aryl methyl sites for hydroxylation is 2. The minimum atomic E-state index is -0.0587. The number of aromatic nitrogens is 1. The molecule has 3 nitrogen and oxygen atoms in total. The van der Waals surface area contributed by atoms with Crippen LogP contribution in [0.2, 0.25) is 5.02 Å². The van der Waals surface area contributed by atoms with E-state index >= 15 is 0 Å². The van der Waals surface area contributed by atoms with E-state index in [9.17, 15) is 4.79 Å². The first kappa shape index (κ1) is 25.0. The molecule has 0 bridgehead atoms. The average Bonchev–Trinajstić information content (AvgIpc) is 3.11. The van der Waals surface area contributed by atoms with Crippen molar-refractivity contribution in [3.05, 3.63) is 99.8 Å². The van der Waals surface area contributed by atoms with Crippen LogP contribution in [0.25, 0.3) is 0 Å². The van der Waals surface area contributed by atoms with Gasteiger partial charge in [0.05, 0.1) is 0 Å².